The third-order valence-corrected chi connectivity index (χ3v) is 2.88. The summed E-state index contributed by atoms with van der Waals surface area (Å²) < 4.78 is 2.01. The van der Waals surface area contributed by atoms with Gasteiger partial charge in [-0.15, -0.1) is 6.58 Å². The topological polar surface area (TPSA) is 38.0 Å². The van der Waals surface area contributed by atoms with E-state index in [1.165, 1.54) is 0 Å². The highest BCUT2D eigenvalue weighted by Gasteiger charge is 2.07. The van der Waals surface area contributed by atoms with Crippen LogP contribution in [0.15, 0.2) is 43.2 Å². The Bertz CT molecular complexity index is 490. The third-order valence-electron chi connectivity index (χ3n) is 2.88. The Morgan fingerprint density at radius 2 is 2.24 bits per heavy atom. The molecule has 1 aromatic carbocycles. The number of aliphatic hydroxyl groups excluding tert-OH is 1. The summed E-state index contributed by atoms with van der Waals surface area (Å²) in [5.41, 5.74) is 2.06. The summed E-state index contributed by atoms with van der Waals surface area (Å²) in [4.78, 5) is 4.30. The van der Waals surface area contributed by atoms with E-state index in [4.69, 9.17) is 0 Å². The van der Waals surface area contributed by atoms with Crippen molar-refractivity contribution >= 4 is 11.0 Å². The van der Waals surface area contributed by atoms with Gasteiger partial charge in [0.05, 0.1) is 30.0 Å². The Hall–Kier alpha value is -1.61. The lowest BCUT2D eigenvalue weighted by Crippen LogP contribution is -2.15. The Morgan fingerprint density at radius 3 is 3.06 bits per heavy atom. The van der Waals surface area contributed by atoms with E-state index < -0.39 is 0 Å². The molecule has 1 heterocycles. The number of para-hydroxylation sites is 2. The molecule has 1 atom stereocenters. The van der Waals surface area contributed by atoms with E-state index in [2.05, 4.69) is 11.6 Å². The average Bonchev–Trinajstić information content (AvgIpc) is 2.73. The van der Waals surface area contributed by atoms with Crippen molar-refractivity contribution in [3.05, 3.63) is 43.2 Å². The van der Waals surface area contributed by atoms with Crippen molar-refractivity contribution in [2.75, 3.05) is 0 Å². The molecule has 1 unspecified atom stereocenters. The van der Waals surface area contributed by atoms with E-state index in [1.54, 1.807) is 6.33 Å². The first kappa shape index (κ1) is 11.9. The van der Waals surface area contributed by atoms with Gasteiger partial charge in [0.15, 0.2) is 0 Å². The van der Waals surface area contributed by atoms with Gasteiger partial charge < -0.3 is 9.67 Å². The number of nitrogens with zero attached hydrogens (tertiary/aromatic N) is 2. The molecule has 3 heteroatoms. The van der Waals surface area contributed by atoms with Crippen LogP contribution in [0, 0.1) is 0 Å². The first-order valence-corrected chi connectivity index (χ1v) is 6.00. The van der Waals surface area contributed by atoms with Crippen molar-refractivity contribution in [1.82, 2.24) is 9.55 Å². The number of fused-ring (bicyclic) bond motifs is 1. The van der Waals surface area contributed by atoms with Gasteiger partial charge in [-0.3, -0.25) is 0 Å². The number of allylic oxidation sites excluding steroid dienone is 1. The summed E-state index contributed by atoms with van der Waals surface area (Å²) in [7, 11) is 0. The Kier molecular flexibility index (Phi) is 3.94. The molecule has 0 aliphatic rings. The summed E-state index contributed by atoms with van der Waals surface area (Å²) in [5, 5.41) is 9.92. The molecule has 0 saturated heterocycles. The van der Waals surface area contributed by atoms with Crippen molar-refractivity contribution in [3.63, 3.8) is 0 Å². The second-order valence-electron chi connectivity index (χ2n) is 4.26. The van der Waals surface area contributed by atoms with Crippen LogP contribution in [0.1, 0.15) is 19.3 Å². The molecular formula is C14H18N2O. The number of hydrogen-bond acceptors (Lipinski definition) is 2. The van der Waals surface area contributed by atoms with Crippen LogP contribution in [-0.4, -0.2) is 20.8 Å². The first-order chi connectivity index (χ1) is 8.31. The van der Waals surface area contributed by atoms with E-state index in [0.29, 0.717) is 6.54 Å². The smallest absolute Gasteiger partial charge is 0.0959 e. The highest BCUT2D eigenvalue weighted by atomic mass is 16.3. The van der Waals surface area contributed by atoms with Crippen LogP contribution in [0.2, 0.25) is 0 Å². The van der Waals surface area contributed by atoms with Crippen molar-refractivity contribution in [1.29, 1.82) is 0 Å². The fraction of sp³-hybridized carbons (Fsp3) is 0.357. The van der Waals surface area contributed by atoms with Gasteiger partial charge in [0, 0.05) is 0 Å². The number of benzene rings is 1. The molecule has 0 saturated carbocycles. The Morgan fingerprint density at radius 1 is 1.41 bits per heavy atom. The zero-order valence-electron chi connectivity index (χ0n) is 9.92. The monoisotopic (exact) mass is 230 g/mol. The zero-order chi connectivity index (χ0) is 12.1. The molecular weight excluding hydrogens is 212 g/mol. The maximum Gasteiger partial charge on any atom is 0.0959 e. The molecule has 1 N–H and O–H groups in total. The summed E-state index contributed by atoms with van der Waals surface area (Å²) in [6.45, 7) is 4.29. The lowest BCUT2D eigenvalue weighted by Gasteiger charge is -2.11. The van der Waals surface area contributed by atoms with Crippen molar-refractivity contribution in [2.45, 2.75) is 31.9 Å². The van der Waals surface area contributed by atoms with Crippen LogP contribution < -0.4 is 0 Å². The molecule has 17 heavy (non-hydrogen) atoms. The van der Waals surface area contributed by atoms with Crippen LogP contribution in [0.4, 0.5) is 0 Å². The molecule has 0 fully saturated rings. The third kappa shape index (κ3) is 2.94. The zero-order valence-corrected chi connectivity index (χ0v) is 9.92. The van der Waals surface area contributed by atoms with Gasteiger partial charge >= 0.3 is 0 Å². The largest absolute Gasteiger partial charge is 0.391 e. The summed E-state index contributed by atoms with van der Waals surface area (Å²) >= 11 is 0. The van der Waals surface area contributed by atoms with E-state index in [0.717, 1.165) is 30.3 Å². The Balaban J connectivity index is 2.00. The highest BCUT2D eigenvalue weighted by molar-refractivity contribution is 5.74. The minimum absolute atomic E-state index is 0.312. The fourth-order valence-electron chi connectivity index (χ4n) is 1.97. The molecule has 0 radical (unpaired) electrons. The van der Waals surface area contributed by atoms with E-state index in [-0.39, 0.29) is 6.10 Å². The van der Waals surface area contributed by atoms with E-state index in [1.807, 2.05) is 34.9 Å². The van der Waals surface area contributed by atoms with Crippen LogP contribution in [0.25, 0.3) is 11.0 Å². The number of imidazole rings is 1. The minimum Gasteiger partial charge on any atom is -0.391 e. The number of aliphatic hydroxyl groups is 1. The number of unbranched alkanes of at least 4 members (excludes halogenated alkanes) is 1. The van der Waals surface area contributed by atoms with Crippen molar-refractivity contribution in [2.24, 2.45) is 0 Å². The molecule has 3 nitrogen and oxygen atoms in total. The van der Waals surface area contributed by atoms with Gasteiger partial charge in [0.1, 0.15) is 0 Å². The summed E-state index contributed by atoms with van der Waals surface area (Å²) in [6.07, 6.45) is 6.12. The summed E-state index contributed by atoms with van der Waals surface area (Å²) in [5.74, 6) is 0. The molecule has 0 aliphatic heterocycles. The molecule has 90 valence electrons. The second-order valence-corrected chi connectivity index (χ2v) is 4.26. The molecule has 0 aliphatic carbocycles. The Labute approximate surface area is 101 Å². The average molecular weight is 230 g/mol. The van der Waals surface area contributed by atoms with Gasteiger partial charge in [-0.25, -0.2) is 4.98 Å². The standard InChI is InChI=1S/C14H18N2O/c1-2-3-4-7-12(17)10-16-11-15-13-8-5-6-9-14(13)16/h2,5-6,8-9,11-12,17H,1,3-4,7,10H2. The van der Waals surface area contributed by atoms with Gasteiger partial charge in [-0.2, -0.15) is 0 Å². The van der Waals surface area contributed by atoms with Crippen LogP contribution in [0.3, 0.4) is 0 Å². The van der Waals surface area contributed by atoms with Crippen molar-refractivity contribution in [3.8, 4) is 0 Å². The highest BCUT2D eigenvalue weighted by Crippen LogP contribution is 2.13. The summed E-state index contributed by atoms with van der Waals surface area (Å²) in [6, 6.07) is 7.97. The predicted molar refractivity (Wildman–Crippen MR) is 69.8 cm³/mol. The van der Waals surface area contributed by atoms with Gasteiger partial charge in [-0.1, -0.05) is 18.2 Å². The number of rotatable bonds is 6. The molecule has 0 amide bonds. The predicted octanol–water partition coefficient (Wildman–Crippen LogP) is 2.75. The molecule has 2 aromatic rings. The van der Waals surface area contributed by atoms with Gasteiger partial charge in [0.25, 0.3) is 0 Å². The van der Waals surface area contributed by atoms with Crippen molar-refractivity contribution < 1.29 is 5.11 Å². The quantitative estimate of drug-likeness (QED) is 0.612. The molecule has 1 aromatic heterocycles. The second kappa shape index (κ2) is 5.64. The van der Waals surface area contributed by atoms with E-state index >= 15 is 0 Å². The minimum atomic E-state index is -0.312. The SMILES string of the molecule is C=CCCCC(O)Cn1cnc2ccccc21. The molecule has 0 spiro atoms. The van der Waals surface area contributed by atoms with Crippen LogP contribution >= 0.6 is 0 Å². The number of hydrogen-bond donors (Lipinski definition) is 1. The van der Waals surface area contributed by atoms with E-state index in [9.17, 15) is 5.11 Å². The van der Waals surface area contributed by atoms with Crippen LogP contribution in [0.5, 0.6) is 0 Å². The first-order valence-electron chi connectivity index (χ1n) is 6.00. The van der Waals surface area contributed by atoms with Gasteiger partial charge in [-0.05, 0) is 31.4 Å². The fourth-order valence-corrected chi connectivity index (χ4v) is 1.97. The maximum atomic E-state index is 9.92. The van der Waals surface area contributed by atoms with Gasteiger partial charge in [0.2, 0.25) is 0 Å². The maximum absolute atomic E-state index is 9.92. The lowest BCUT2D eigenvalue weighted by atomic mass is 10.1. The lowest BCUT2D eigenvalue weighted by molar-refractivity contribution is 0.143. The number of aromatic nitrogens is 2. The van der Waals surface area contributed by atoms with Crippen LogP contribution in [-0.2, 0) is 6.54 Å². The normalized spacial score (nSPS) is 12.8. The molecule has 0 bridgehead atoms. The molecule has 2 rings (SSSR count).